The molecule has 1 atom stereocenters. The third-order valence-electron chi connectivity index (χ3n) is 5.06. The number of aliphatic hydroxyl groups excluding tert-OH is 1. The average molecular weight is 435 g/mol. The van der Waals surface area contributed by atoms with Crippen molar-refractivity contribution in [2.24, 2.45) is 0 Å². The summed E-state index contributed by atoms with van der Waals surface area (Å²) in [6.07, 6.45) is 0.317. The summed E-state index contributed by atoms with van der Waals surface area (Å²) in [5.41, 5.74) is 2.19. The SMILES string of the molecule is COc1cc(CNCCc2ccc(F)cc2)ccc1OCC(O)CN1CCSCC1. The van der Waals surface area contributed by atoms with Crippen molar-refractivity contribution in [1.29, 1.82) is 0 Å². The van der Waals surface area contributed by atoms with Crippen LogP contribution in [0.3, 0.4) is 0 Å². The van der Waals surface area contributed by atoms with Gasteiger partial charge < -0.3 is 19.9 Å². The molecule has 0 spiro atoms. The number of methoxy groups -OCH3 is 1. The highest BCUT2D eigenvalue weighted by atomic mass is 32.2. The molecular formula is C23H31FN2O3S. The van der Waals surface area contributed by atoms with E-state index in [-0.39, 0.29) is 12.4 Å². The quantitative estimate of drug-likeness (QED) is 0.531. The lowest BCUT2D eigenvalue weighted by Gasteiger charge is -2.28. The molecular weight excluding hydrogens is 403 g/mol. The van der Waals surface area contributed by atoms with Crippen LogP contribution in [-0.4, -0.2) is 67.5 Å². The van der Waals surface area contributed by atoms with E-state index in [4.69, 9.17) is 9.47 Å². The number of nitrogens with one attached hydrogen (secondary N) is 1. The summed E-state index contributed by atoms with van der Waals surface area (Å²) in [4.78, 5) is 2.28. The van der Waals surface area contributed by atoms with E-state index in [1.807, 2.05) is 42.1 Å². The highest BCUT2D eigenvalue weighted by Crippen LogP contribution is 2.28. The minimum absolute atomic E-state index is 0.209. The Kier molecular flexibility index (Phi) is 9.27. The zero-order valence-electron chi connectivity index (χ0n) is 17.5. The summed E-state index contributed by atoms with van der Waals surface area (Å²) in [6.45, 7) is 4.43. The van der Waals surface area contributed by atoms with Crippen LogP contribution in [-0.2, 0) is 13.0 Å². The number of hydrogen-bond acceptors (Lipinski definition) is 6. The van der Waals surface area contributed by atoms with Crippen molar-refractivity contribution in [3.8, 4) is 11.5 Å². The molecule has 1 aliphatic heterocycles. The van der Waals surface area contributed by atoms with Crippen LogP contribution in [0.25, 0.3) is 0 Å². The highest BCUT2D eigenvalue weighted by Gasteiger charge is 2.16. The standard InChI is InChI=1S/C23H31FN2O3S/c1-28-23-14-19(15-25-9-8-18-2-5-20(24)6-3-18)4-7-22(23)29-17-21(27)16-26-10-12-30-13-11-26/h2-7,14,21,25,27H,8-13,15-17H2,1H3. The Balaban J connectivity index is 1.42. The van der Waals surface area contributed by atoms with E-state index in [1.54, 1.807) is 7.11 Å². The lowest BCUT2D eigenvalue weighted by atomic mass is 10.1. The number of nitrogens with zero attached hydrogens (tertiary/aromatic N) is 1. The van der Waals surface area contributed by atoms with Crippen LogP contribution in [0.2, 0.25) is 0 Å². The normalized spacial score (nSPS) is 15.7. The maximum absolute atomic E-state index is 13.0. The summed E-state index contributed by atoms with van der Waals surface area (Å²) in [7, 11) is 1.62. The fourth-order valence-electron chi connectivity index (χ4n) is 3.38. The van der Waals surface area contributed by atoms with Crippen LogP contribution in [0.1, 0.15) is 11.1 Å². The van der Waals surface area contributed by atoms with E-state index in [9.17, 15) is 9.50 Å². The van der Waals surface area contributed by atoms with Crippen LogP contribution in [0.4, 0.5) is 4.39 Å². The van der Waals surface area contributed by atoms with E-state index < -0.39 is 6.10 Å². The topological polar surface area (TPSA) is 54.0 Å². The third-order valence-corrected chi connectivity index (χ3v) is 6.01. The van der Waals surface area contributed by atoms with Crippen molar-refractivity contribution in [2.45, 2.75) is 19.1 Å². The minimum Gasteiger partial charge on any atom is -0.493 e. The van der Waals surface area contributed by atoms with Gasteiger partial charge in [-0.2, -0.15) is 11.8 Å². The Morgan fingerprint density at radius 2 is 1.83 bits per heavy atom. The molecule has 164 valence electrons. The van der Waals surface area contributed by atoms with Crippen LogP contribution in [0.5, 0.6) is 11.5 Å². The van der Waals surface area contributed by atoms with Gasteiger partial charge in [-0.15, -0.1) is 0 Å². The molecule has 2 N–H and O–H groups in total. The van der Waals surface area contributed by atoms with Gasteiger partial charge in [-0.1, -0.05) is 18.2 Å². The van der Waals surface area contributed by atoms with Crippen LogP contribution >= 0.6 is 11.8 Å². The molecule has 1 aliphatic rings. The second kappa shape index (κ2) is 12.2. The van der Waals surface area contributed by atoms with E-state index in [2.05, 4.69) is 10.2 Å². The first kappa shape index (κ1) is 22.9. The lowest BCUT2D eigenvalue weighted by molar-refractivity contribution is 0.0705. The Morgan fingerprint density at radius 1 is 1.10 bits per heavy atom. The number of aliphatic hydroxyl groups is 1. The van der Waals surface area contributed by atoms with Crippen molar-refractivity contribution >= 4 is 11.8 Å². The maximum atomic E-state index is 13.0. The molecule has 0 aliphatic carbocycles. The molecule has 0 bridgehead atoms. The molecule has 1 unspecified atom stereocenters. The number of hydrogen-bond donors (Lipinski definition) is 2. The van der Waals surface area contributed by atoms with Gasteiger partial charge in [0.1, 0.15) is 18.5 Å². The van der Waals surface area contributed by atoms with Crippen molar-refractivity contribution in [3.63, 3.8) is 0 Å². The van der Waals surface area contributed by atoms with E-state index in [0.29, 0.717) is 24.6 Å². The third kappa shape index (κ3) is 7.47. The molecule has 3 rings (SSSR count). The molecule has 5 nitrogen and oxygen atoms in total. The number of halogens is 1. The minimum atomic E-state index is -0.523. The number of rotatable bonds is 11. The largest absolute Gasteiger partial charge is 0.493 e. The van der Waals surface area contributed by atoms with Crippen LogP contribution in [0, 0.1) is 5.82 Å². The van der Waals surface area contributed by atoms with Crippen LogP contribution < -0.4 is 14.8 Å². The van der Waals surface area contributed by atoms with Gasteiger partial charge in [0, 0.05) is 37.7 Å². The van der Waals surface area contributed by atoms with Gasteiger partial charge in [-0.3, -0.25) is 4.90 Å². The van der Waals surface area contributed by atoms with Crippen molar-refractivity contribution in [3.05, 3.63) is 59.4 Å². The first-order chi connectivity index (χ1) is 14.6. The molecule has 7 heteroatoms. The summed E-state index contributed by atoms with van der Waals surface area (Å²) in [6, 6.07) is 12.4. The van der Waals surface area contributed by atoms with Crippen molar-refractivity contribution in [1.82, 2.24) is 10.2 Å². The number of benzene rings is 2. The predicted molar refractivity (Wildman–Crippen MR) is 120 cm³/mol. The monoisotopic (exact) mass is 434 g/mol. The number of ether oxygens (including phenoxy) is 2. The molecule has 1 saturated heterocycles. The zero-order valence-corrected chi connectivity index (χ0v) is 18.3. The zero-order chi connectivity index (χ0) is 21.2. The second-order valence-electron chi connectivity index (χ2n) is 7.42. The number of β-amino-alcohol motifs (C(OH)–C–C–N with tert-alkyl or cyclic N) is 1. The molecule has 1 heterocycles. The van der Waals surface area contributed by atoms with Gasteiger partial charge in [-0.25, -0.2) is 4.39 Å². The van der Waals surface area contributed by atoms with E-state index in [0.717, 1.165) is 48.7 Å². The summed E-state index contributed by atoms with van der Waals surface area (Å²) >= 11 is 1.96. The summed E-state index contributed by atoms with van der Waals surface area (Å²) in [5.74, 6) is 3.34. The van der Waals surface area contributed by atoms with Gasteiger partial charge in [0.25, 0.3) is 0 Å². The first-order valence-electron chi connectivity index (χ1n) is 10.4. The fourth-order valence-corrected chi connectivity index (χ4v) is 4.36. The second-order valence-corrected chi connectivity index (χ2v) is 8.64. The van der Waals surface area contributed by atoms with Gasteiger partial charge in [-0.05, 0) is 48.4 Å². The fraction of sp³-hybridized carbons (Fsp3) is 0.478. The molecule has 2 aromatic rings. The van der Waals surface area contributed by atoms with Crippen molar-refractivity contribution in [2.75, 3.05) is 51.4 Å². The van der Waals surface area contributed by atoms with Gasteiger partial charge in [0.15, 0.2) is 11.5 Å². The molecule has 0 aromatic heterocycles. The molecule has 1 fully saturated rings. The lowest BCUT2D eigenvalue weighted by Crippen LogP contribution is -2.40. The molecule has 0 amide bonds. The highest BCUT2D eigenvalue weighted by molar-refractivity contribution is 7.99. The van der Waals surface area contributed by atoms with Gasteiger partial charge in [0.05, 0.1) is 7.11 Å². The van der Waals surface area contributed by atoms with Crippen LogP contribution in [0.15, 0.2) is 42.5 Å². The maximum Gasteiger partial charge on any atom is 0.161 e. The molecule has 30 heavy (non-hydrogen) atoms. The summed E-state index contributed by atoms with van der Waals surface area (Å²) < 4.78 is 24.2. The Labute approximate surface area is 182 Å². The molecule has 2 aromatic carbocycles. The smallest absolute Gasteiger partial charge is 0.161 e. The van der Waals surface area contributed by atoms with E-state index in [1.165, 1.54) is 12.1 Å². The predicted octanol–water partition coefficient (Wildman–Crippen LogP) is 2.96. The Bertz CT molecular complexity index is 770. The summed E-state index contributed by atoms with van der Waals surface area (Å²) in [5, 5.41) is 13.7. The first-order valence-corrected chi connectivity index (χ1v) is 11.5. The Morgan fingerprint density at radius 3 is 2.57 bits per heavy atom. The molecule has 0 saturated carbocycles. The van der Waals surface area contributed by atoms with Gasteiger partial charge >= 0.3 is 0 Å². The van der Waals surface area contributed by atoms with E-state index >= 15 is 0 Å². The Hall–Kier alpha value is -1.80. The molecule has 0 radical (unpaired) electrons. The average Bonchev–Trinajstić information content (AvgIpc) is 2.77. The van der Waals surface area contributed by atoms with Gasteiger partial charge in [0.2, 0.25) is 0 Å². The number of thioether (sulfide) groups is 1. The van der Waals surface area contributed by atoms with Crippen molar-refractivity contribution < 1.29 is 19.0 Å².